The highest BCUT2D eigenvalue weighted by Gasteiger charge is 2.12. The minimum atomic E-state index is -1.63. The standard InChI is InChI=1S/C5H6BN3O3/c7-4(10)5-8-1-3(2-9-5)6(11)12/h1-2,11-12H,(H2,7,10). The first-order valence-corrected chi connectivity index (χ1v) is 3.09. The van der Waals surface area contributed by atoms with Gasteiger partial charge in [0.2, 0.25) is 5.82 Å². The average molecular weight is 167 g/mol. The van der Waals surface area contributed by atoms with Crippen LogP contribution in [0.3, 0.4) is 0 Å². The zero-order valence-corrected chi connectivity index (χ0v) is 6.01. The maximum absolute atomic E-state index is 10.5. The fourth-order valence-electron chi connectivity index (χ4n) is 0.599. The van der Waals surface area contributed by atoms with E-state index < -0.39 is 13.0 Å². The smallest absolute Gasteiger partial charge is 0.423 e. The van der Waals surface area contributed by atoms with Crippen LogP contribution in [-0.2, 0) is 0 Å². The number of nitrogens with zero attached hydrogens (tertiary/aromatic N) is 2. The van der Waals surface area contributed by atoms with Gasteiger partial charge in [0.1, 0.15) is 0 Å². The Kier molecular flexibility index (Phi) is 2.36. The van der Waals surface area contributed by atoms with Crippen LogP contribution in [0.25, 0.3) is 0 Å². The maximum Gasteiger partial charge on any atom is 0.491 e. The first-order valence-electron chi connectivity index (χ1n) is 3.09. The fourth-order valence-corrected chi connectivity index (χ4v) is 0.599. The molecule has 0 atom stereocenters. The largest absolute Gasteiger partial charge is 0.491 e. The number of amides is 1. The van der Waals surface area contributed by atoms with Crippen molar-refractivity contribution >= 4 is 18.5 Å². The molecule has 1 rings (SSSR count). The zero-order chi connectivity index (χ0) is 9.14. The van der Waals surface area contributed by atoms with Gasteiger partial charge in [0.25, 0.3) is 5.91 Å². The van der Waals surface area contributed by atoms with Crippen LogP contribution in [0, 0.1) is 0 Å². The Hall–Kier alpha value is -1.47. The van der Waals surface area contributed by atoms with Crippen LogP contribution in [0.5, 0.6) is 0 Å². The Morgan fingerprint density at radius 1 is 1.42 bits per heavy atom. The molecule has 0 radical (unpaired) electrons. The molecule has 1 aromatic rings. The van der Waals surface area contributed by atoms with Crippen LogP contribution >= 0.6 is 0 Å². The van der Waals surface area contributed by atoms with Gasteiger partial charge in [0.05, 0.1) is 0 Å². The molecule has 1 aromatic heterocycles. The molecule has 0 aliphatic heterocycles. The van der Waals surface area contributed by atoms with Crippen LogP contribution in [0.15, 0.2) is 12.4 Å². The Bertz CT molecular complexity index is 286. The summed E-state index contributed by atoms with van der Waals surface area (Å²) in [7, 11) is -1.63. The van der Waals surface area contributed by atoms with Gasteiger partial charge in [0, 0.05) is 17.9 Å². The van der Waals surface area contributed by atoms with E-state index in [0.717, 1.165) is 12.4 Å². The van der Waals surface area contributed by atoms with Crippen molar-refractivity contribution < 1.29 is 14.8 Å². The Labute approximate surface area is 68.2 Å². The molecule has 0 bridgehead atoms. The van der Waals surface area contributed by atoms with Crippen molar-refractivity contribution in [1.82, 2.24) is 9.97 Å². The van der Waals surface area contributed by atoms with Crippen LogP contribution in [0.4, 0.5) is 0 Å². The highest BCUT2D eigenvalue weighted by Crippen LogP contribution is 1.83. The van der Waals surface area contributed by atoms with Gasteiger partial charge in [-0.05, 0) is 0 Å². The van der Waals surface area contributed by atoms with Gasteiger partial charge in [-0.2, -0.15) is 0 Å². The molecule has 6 nitrogen and oxygen atoms in total. The van der Waals surface area contributed by atoms with Crippen LogP contribution in [0.1, 0.15) is 10.6 Å². The third kappa shape index (κ3) is 1.77. The number of carbonyl (C=O) groups excluding carboxylic acids is 1. The van der Waals surface area contributed by atoms with Gasteiger partial charge >= 0.3 is 7.12 Å². The van der Waals surface area contributed by atoms with E-state index in [-0.39, 0.29) is 11.3 Å². The van der Waals surface area contributed by atoms with E-state index in [1.54, 1.807) is 0 Å². The van der Waals surface area contributed by atoms with E-state index in [9.17, 15) is 4.79 Å². The molecular weight excluding hydrogens is 161 g/mol. The molecule has 0 aliphatic carbocycles. The Morgan fingerprint density at radius 3 is 2.25 bits per heavy atom. The molecule has 0 spiro atoms. The van der Waals surface area contributed by atoms with E-state index in [0.29, 0.717) is 0 Å². The number of rotatable bonds is 2. The normalized spacial score (nSPS) is 9.50. The van der Waals surface area contributed by atoms with Crippen molar-refractivity contribution in [1.29, 1.82) is 0 Å². The van der Waals surface area contributed by atoms with E-state index in [4.69, 9.17) is 15.8 Å². The van der Waals surface area contributed by atoms with Gasteiger partial charge in [-0.3, -0.25) is 4.79 Å². The van der Waals surface area contributed by atoms with Crippen molar-refractivity contribution in [2.75, 3.05) is 0 Å². The second-order valence-corrected chi connectivity index (χ2v) is 2.08. The van der Waals surface area contributed by atoms with E-state index in [1.165, 1.54) is 0 Å². The molecule has 0 unspecified atom stereocenters. The van der Waals surface area contributed by atoms with Crippen molar-refractivity contribution in [3.8, 4) is 0 Å². The van der Waals surface area contributed by atoms with E-state index in [1.807, 2.05) is 0 Å². The summed E-state index contributed by atoms with van der Waals surface area (Å²) in [5.41, 5.74) is 4.96. The number of aromatic nitrogens is 2. The molecule has 0 aliphatic rings. The van der Waals surface area contributed by atoms with Crippen LogP contribution in [0.2, 0.25) is 0 Å². The molecule has 0 saturated carbocycles. The number of primary amides is 1. The fraction of sp³-hybridized carbons (Fsp3) is 0. The van der Waals surface area contributed by atoms with E-state index >= 15 is 0 Å². The summed E-state index contributed by atoms with van der Waals surface area (Å²) >= 11 is 0. The van der Waals surface area contributed by atoms with Crippen molar-refractivity contribution in [2.24, 2.45) is 5.73 Å². The minimum Gasteiger partial charge on any atom is -0.423 e. The summed E-state index contributed by atoms with van der Waals surface area (Å²) in [6.45, 7) is 0. The highest BCUT2D eigenvalue weighted by atomic mass is 16.4. The summed E-state index contributed by atoms with van der Waals surface area (Å²) in [6.07, 6.45) is 2.25. The molecule has 1 amide bonds. The Balaban J connectivity index is 2.93. The van der Waals surface area contributed by atoms with Crippen molar-refractivity contribution in [3.63, 3.8) is 0 Å². The van der Waals surface area contributed by atoms with E-state index in [2.05, 4.69) is 9.97 Å². The average Bonchev–Trinajstić information content (AvgIpc) is 2.04. The maximum atomic E-state index is 10.5. The number of hydrogen-bond donors (Lipinski definition) is 3. The van der Waals surface area contributed by atoms with Gasteiger partial charge in [-0.25, -0.2) is 9.97 Å². The SMILES string of the molecule is NC(=O)c1ncc(B(O)O)cn1. The van der Waals surface area contributed by atoms with Gasteiger partial charge < -0.3 is 15.8 Å². The molecule has 0 fully saturated rings. The lowest BCUT2D eigenvalue weighted by molar-refractivity contribution is 0.0990. The second kappa shape index (κ2) is 3.29. The predicted octanol–water partition coefficient (Wildman–Crippen LogP) is -2.74. The summed E-state index contributed by atoms with van der Waals surface area (Å²) in [5, 5.41) is 17.2. The van der Waals surface area contributed by atoms with Gasteiger partial charge in [-0.15, -0.1) is 0 Å². The molecule has 0 aromatic carbocycles. The molecule has 62 valence electrons. The van der Waals surface area contributed by atoms with Crippen molar-refractivity contribution in [2.45, 2.75) is 0 Å². The first-order chi connectivity index (χ1) is 5.61. The van der Waals surface area contributed by atoms with Crippen molar-refractivity contribution in [3.05, 3.63) is 18.2 Å². The molecular formula is C5H6BN3O3. The summed E-state index contributed by atoms with van der Waals surface area (Å²) in [4.78, 5) is 17.4. The molecule has 7 heteroatoms. The lowest BCUT2D eigenvalue weighted by Gasteiger charge is -1.97. The second-order valence-electron chi connectivity index (χ2n) is 2.08. The highest BCUT2D eigenvalue weighted by molar-refractivity contribution is 6.58. The Morgan fingerprint density at radius 2 is 1.92 bits per heavy atom. The molecule has 1 heterocycles. The van der Waals surface area contributed by atoms with Gasteiger partial charge in [-0.1, -0.05) is 0 Å². The van der Waals surface area contributed by atoms with Crippen LogP contribution < -0.4 is 11.2 Å². The monoisotopic (exact) mass is 167 g/mol. The predicted molar refractivity (Wildman–Crippen MR) is 40.4 cm³/mol. The number of nitrogens with two attached hydrogens (primary N) is 1. The lowest BCUT2D eigenvalue weighted by Crippen LogP contribution is -2.31. The number of carbonyl (C=O) groups is 1. The molecule has 0 saturated heterocycles. The van der Waals surface area contributed by atoms with Gasteiger partial charge in [0.15, 0.2) is 0 Å². The zero-order valence-electron chi connectivity index (χ0n) is 6.01. The molecule has 4 N–H and O–H groups in total. The third-order valence-corrected chi connectivity index (χ3v) is 1.19. The summed E-state index contributed by atoms with van der Waals surface area (Å²) in [5.74, 6) is -0.909. The lowest BCUT2D eigenvalue weighted by atomic mass is 9.83. The quantitative estimate of drug-likeness (QED) is 0.413. The summed E-state index contributed by atoms with van der Waals surface area (Å²) in [6, 6.07) is 0. The minimum absolute atomic E-state index is 0.111. The first kappa shape index (κ1) is 8.63. The summed E-state index contributed by atoms with van der Waals surface area (Å²) < 4.78 is 0. The topological polar surface area (TPSA) is 109 Å². The number of hydrogen-bond acceptors (Lipinski definition) is 5. The van der Waals surface area contributed by atoms with Crippen LogP contribution in [-0.4, -0.2) is 33.0 Å². The molecule has 12 heavy (non-hydrogen) atoms. The third-order valence-electron chi connectivity index (χ3n) is 1.19.